The van der Waals surface area contributed by atoms with Crippen molar-refractivity contribution in [3.63, 3.8) is 0 Å². The van der Waals surface area contributed by atoms with E-state index in [1.807, 2.05) is 53.6 Å². The molecule has 0 spiro atoms. The number of carbonyl (C=O) groups excluding carboxylic acids is 1. The van der Waals surface area contributed by atoms with E-state index in [0.717, 1.165) is 17.7 Å². The van der Waals surface area contributed by atoms with E-state index in [-0.39, 0.29) is 17.1 Å². The molecule has 0 aliphatic rings. The van der Waals surface area contributed by atoms with Crippen LogP contribution in [0.25, 0.3) is 0 Å². The first-order chi connectivity index (χ1) is 14.3. The number of hydrogen-bond acceptors (Lipinski definition) is 1. The van der Waals surface area contributed by atoms with Gasteiger partial charge in [0, 0.05) is 30.5 Å². The highest BCUT2D eigenvalue weighted by Gasteiger charge is 2.19. The maximum Gasteiger partial charge on any atom is 0.254 e. The number of hydrogen-bond donors (Lipinski definition) is 0. The van der Waals surface area contributed by atoms with Crippen LogP contribution in [-0.4, -0.2) is 21.9 Å². The van der Waals surface area contributed by atoms with Gasteiger partial charge >= 0.3 is 0 Å². The zero-order chi connectivity index (χ0) is 21.7. The van der Waals surface area contributed by atoms with Crippen LogP contribution < -0.4 is 0 Å². The summed E-state index contributed by atoms with van der Waals surface area (Å²) in [5.74, 6) is -0.196. The molecular formula is C26H31FN2O. The molecular weight excluding hydrogens is 375 g/mol. The van der Waals surface area contributed by atoms with Gasteiger partial charge in [0.15, 0.2) is 0 Å². The summed E-state index contributed by atoms with van der Waals surface area (Å²) in [5.41, 5.74) is 3.92. The van der Waals surface area contributed by atoms with Gasteiger partial charge in [0.2, 0.25) is 0 Å². The van der Waals surface area contributed by atoms with Crippen molar-refractivity contribution in [2.45, 2.75) is 52.6 Å². The molecule has 1 heterocycles. The molecule has 30 heavy (non-hydrogen) atoms. The molecule has 0 fully saturated rings. The van der Waals surface area contributed by atoms with Crippen LogP contribution in [0.2, 0.25) is 0 Å². The van der Waals surface area contributed by atoms with Gasteiger partial charge in [0.25, 0.3) is 5.91 Å². The molecule has 0 bridgehead atoms. The summed E-state index contributed by atoms with van der Waals surface area (Å²) in [6.07, 6.45) is 2.86. The van der Waals surface area contributed by atoms with Gasteiger partial charge in [-0.15, -0.1) is 0 Å². The fourth-order valence-corrected chi connectivity index (χ4v) is 3.59. The molecule has 0 radical (unpaired) electrons. The Hall–Kier alpha value is -2.88. The zero-order valence-corrected chi connectivity index (χ0v) is 18.4. The predicted molar refractivity (Wildman–Crippen MR) is 120 cm³/mol. The summed E-state index contributed by atoms with van der Waals surface area (Å²) in [6, 6.07) is 18.6. The van der Waals surface area contributed by atoms with Crippen molar-refractivity contribution in [1.82, 2.24) is 9.47 Å². The molecule has 4 heteroatoms. The second kappa shape index (κ2) is 9.29. The van der Waals surface area contributed by atoms with Crippen LogP contribution in [0.5, 0.6) is 0 Å². The number of amides is 1. The molecule has 0 atom stereocenters. The molecule has 1 amide bonds. The average molecular weight is 407 g/mol. The van der Waals surface area contributed by atoms with Crippen LogP contribution in [0.1, 0.15) is 61.3 Å². The minimum absolute atomic E-state index is 0.0378. The zero-order valence-electron chi connectivity index (χ0n) is 18.4. The molecule has 158 valence electrons. The molecule has 0 saturated heterocycles. The minimum atomic E-state index is -0.234. The first-order valence-electron chi connectivity index (χ1n) is 10.6. The summed E-state index contributed by atoms with van der Waals surface area (Å²) < 4.78 is 15.6. The Labute approximate surface area is 179 Å². The van der Waals surface area contributed by atoms with Gasteiger partial charge < -0.3 is 9.47 Å². The summed E-state index contributed by atoms with van der Waals surface area (Å²) in [7, 11) is 0. The van der Waals surface area contributed by atoms with E-state index in [0.29, 0.717) is 25.2 Å². The molecule has 1 aromatic heterocycles. The van der Waals surface area contributed by atoms with E-state index in [1.165, 1.54) is 11.6 Å². The van der Waals surface area contributed by atoms with E-state index >= 15 is 0 Å². The van der Waals surface area contributed by atoms with Gasteiger partial charge in [-0.3, -0.25) is 4.79 Å². The summed E-state index contributed by atoms with van der Waals surface area (Å²) >= 11 is 0. The number of nitrogens with zero attached hydrogens (tertiary/aromatic N) is 2. The van der Waals surface area contributed by atoms with Crippen LogP contribution in [0.15, 0.2) is 66.9 Å². The van der Waals surface area contributed by atoms with Gasteiger partial charge in [-0.25, -0.2) is 4.39 Å². The Morgan fingerprint density at radius 3 is 2.40 bits per heavy atom. The Morgan fingerprint density at radius 1 is 1.03 bits per heavy atom. The van der Waals surface area contributed by atoms with E-state index in [1.54, 1.807) is 12.1 Å². The Kier molecular flexibility index (Phi) is 6.76. The molecule has 0 aliphatic carbocycles. The lowest BCUT2D eigenvalue weighted by Crippen LogP contribution is -2.32. The highest BCUT2D eigenvalue weighted by molar-refractivity contribution is 5.94. The maximum atomic E-state index is 13.5. The Balaban J connectivity index is 1.78. The number of benzene rings is 2. The lowest BCUT2D eigenvalue weighted by molar-refractivity contribution is 0.0739. The smallest absolute Gasteiger partial charge is 0.254 e. The number of aromatic nitrogens is 1. The molecule has 0 aliphatic heterocycles. The third kappa shape index (κ3) is 5.38. The summed E-state index contributed by atoms with van der Waals surface area (Å²) in [5, 5.41) is 0. The van der Waals surface area contributed by atoms with Crippen LogP contribution >= 0.6 is 0 Å². The van der Waals surface area contributed by atoms with Crippen molar-refractivity contribution < 1.29 is 9.18 Å². The van der Waals surface area contributed by atoms with Gasteiger partial charge in [-0.1, -0.05) is 52.0 Å². The molecule has 3 nitrogen and oxygen atoms in total. The molecule has 0 N–H and O–H groups in total. The van der Waals surface area contributed by atoms with Gasteiger partial charge in [-0.2, -0.15) is 0 Å². The van der Waals surface area contributed by atoms with Crippen LogP contribution in [0.3, 0.4) is 0 Å². The minimum Gasteiger partial charge on any atom is -0.345 e. The lowest BCUT2D eigenvalue weighted by atomic mass is 9.86. The van der Waals surface area contributed by atoms with Crippen molar-refractivity contribution in [2.24, 2.45) is 0 Å². The third-order valence-electron chi connectivity index (χ3n) is 5.30. The second-order valence-electron chi connectivity index (χ2n) is 8.81. The van der Waals surface area contributed by atoms with Crippen LogP contribution in [0, 0.1) is 5.82 Å². The summed E-state index contributed by atoms with van der Waals surface area (Å²) in [6.45, 7) is 10.4. The monoisotopic (exact) mass is 406 g/mol. The normalized spacial score (nSPS) is 11.5. The first-order valence-corrected chi connectivity index (χ1v) is 10.6. The van der Waals surface area contributed by atoms with Crippen molar-refractivity contribution in [3.8, 4) is 0 Å². The molecule has 2 aromatic carbocycles. The lowest BCUT2D eigenvalue weighted by Gasteiger charge is -2.24. The van der Waals surface area contributed by atoms with E-state index in [4.69, 9.17) is 0 Å². The van der Waals surface area contributed by atoms with Crippen molar-refractivity contribution >= 4 is 5.91 Å². The fraction of sp³-hybridized carbons (Fsp3) is 0.346. The molecule has 0 unspecified atom stereocenters. The van der Waals surface area contributed by atoms with Crippen molar-refractivity contribution in [2.75, 3.05) is 6.54 Å². The topological polar surface area (TPSA) is 25.2 Å². The third-order valence-corrected chi connectivity index (χ3v) is 5.30. The highest BCUT2D eigenvalue weighted by Crippen LogP contribution is 2.23. The molecule has 0 saturated carbocycles. The fourth-order valence-electron chi connectivity index (χ4n) is 3.59. The van der Waals surface area contributed by atoms with E-state index in [9.17, 15) is 9.18 Å². The maximum absolute atomic E-state index is 13.5. The van der Waals surface area contributed by atoms with E-state index < -0.39 is 0 Å². The van der Waals surface area contributed by atoms with Crippen molar-refractivity contribution in [1.29, 1.82) is 0 Å². The van der Waals surface area contributed by atoms with Crippen LogP contribution in [-0.2, 0) is 18.5 Å². The first kappa shape index (κ1) is 21.8. The SMILES string of the molecule is CCCN(Cc1cccn1Cc1cccc(F)c1)C(=O)c1ccc(C(C)(C)C)cc1. The van der Waals surface area contributed by atoms with Gasteiger partial charge in [0.05, 0.1) is 6.54 Å². The Morgan fingerprint density at radius 2 is 1.77 bits per heavy atom. The highest BCUT2D eigenvalue weighted by atomic mass is 19.1. The largest absolute Gasteiger partial charge is 0.345 e. The number of carbonyl (C=O) groups is 1. The Bertz CT molecular complexity index is 983. The number of halogens is 1. The van der Waals surface area contributed by atoms with Gasteiger partial charge in [-0.05, 0) is 59.4 Å². The summed E-state index contributed by atoms with van der Waals surface area (Å²) in [4.78, 5) is 15.1. The quantitative estimate of drug-likeness (QED) is 0.471. The second-order valence-corrected chi connectivity index (χ2v) is 8.81. The molecule has 3 aromatic rings. The molecule has 3 rings (SSSR count). The van der Waals surface area contributed by atoms with Gasteiger partial charge in [0.1, 0.15) is 5.82 Å². The average Bonchev–Trinajstić information content (AvgIpc) is 3.13. The van der Waals surface area contributed by atoms with E-state index in [2.05, 4.69) is 32.3 Å². The predicted octanol–water partition coefficient (Wildman–Crippen LogP) is 6.03. The number of rotatable bonds is 7. The van der Waals surface area contributed by atoms with Crippen LogP contribution in [0.4, 0.5) is 4.39 Å². The standard InChI is InChI=1S/C26H31FN2O/c1-5-15-29(25(30)21-11-13-22(14-12-21)26(2,3)4)19-24-10-7-16-28(24)18-20-8-6-9-23(27)17-20/h6-14,16-17H,5,15,18-19H2,1-4H3. The van der Waals surface area contributed by atoms with Crippen molar-refractivity contribution in [3.05, 3.63) is 95.1 Å².